The van der Waals surface area contributed by atoms with Gasteiger partial charge in [0.05, 0.1) is 12.6 Å². The number of nitrogens with zero attached hydrogens (tertiary/aromatic N) is 2. The Morgan fingerprint density at radius 3 is 2.42 bits per heavy atom. The van der Waals surface area contributed by atoms with E-state index in [1.54, 1.807) is 16.7 Å². The first-order chi connectivity index (χ1) is 14.3. The second-order valence-corrected chi connectivity index (χ2v) is 8.47. The fraction of sp³-hybridized carbons (Fsp3) is 0.500. The molecular formula is C24H37IN4O2. The highest BCUT2D eigenvalue weighted by Crippen LogP contribution is 2.24. The van der Waals surface area contributed by atoms with Crippen molar-refractivity contribution in [1.82, 2.24) is 15.2 Å². The normalized spacial score (nSPS) is 12.7. The Labute approximate surface area is 203 Å². The Kier molecular flexibility index (Phi) is 11.8. The molecule has 31 heavy (non-hydrogen) atoms. The van der Waals surface area contributed by atoms with Crippen LogP contribution in [0, 0.1) is 0 Å². The number of unbranched alkanes of at least 4 members (excludes halogenated alkanes) is 1. The van der Waals surface area contributed by atoms with E-state index in [4.69, 9.17) is 0 Å². The highest BCUT2D eigenvalue weighted by molar-refractivity contribution is 14.0. The van der Waals surface area contributed by atoms with Gasteiger partial charge in [-0.3, -0.25) is 9.79 Å². The highest BCUT2D eigenvalue weighted by atomic mass is 127. The van der Waals surface area contributed by atoms with E-state index in [1.807, 2.05) is 31.3 Å². The maximum atomic E-state index is 11.7. The standard InChI is InChI=1S/C24H36N4O2.HI/c1-5-25-23(26-15-7-9-17-28-16-8-6-10-22(28)30)27-18-21(29)19-11-13-20(14-12-19)24(2,3)4;/h6,8,10-14,16,21,29H,5,7,9,15,17-18H2,1-4H3,(H2,25,26,27);1H. The first kappa shape index (κ1) is 27.2. The zero-order valence-corrected chi connectivity index (χ0v) is 21.4. The lowest BCUT2D eigenvalue weighted by atomic mass is 9.86. The lowest BCUT2D eigenvalue weighted by Gasteiger charge is -2.20. The van der Waals surface area contributed by atoms with Crippen molar-refractivity contribution in [2.75, 3.05) is 19.6 Å². The third-order valence-electron chi connectivity index (χ3n) is 4.95. The van der Waals surface area contributed by atoms with Gasteiger partial charge in [0.15, 0.2) is 5.96 Å². The number of aryl methyl sites for hydroxylation is 1. The smallest absolute Gasteiger partial charge is 0.250 e. The zero-order valence-electron chi connectivity index (χ0n) is 19.1. The summed E-state index contributed by atoms with van der Waals surface area (Å²) in [6.07, 6.45) is 3.00. The van der Waals surface area contributed by atoms with Crippen molar-refractivity contribution in [2.45, 2.75) is 58.6 Å². The Morgan fingerprint density at radius 2 is 1.81 bits per heavy atom. The first-order valence-electron chi connectivity index (χ1n) is 10.8. The molecule has 172 valence electrons. The molecule has 7 heteroatoms. The Balaban J connectivity index is 0.00000480. The van der Waals surface area contributed by atoms with Crippen molar-refractivity contribution in [3.63, 3.8) is 0 Å². The lowest BCUT2D eigenvalue weighted by Crippen LogP contribution is -2.38. The number of benzene rings is 1. The number of rotatable bonds is 9. The van der Waals surface area contributed by atoms with Crippen molar-refractivity contribution >= 4 is 29.9 Å². The maximum absolute atomic E-state index is 11.7. The summed E-state index contributed by atoms with van der Waals surface area (Å²) in [7, 11) is 0. The molecule has 2 aromatic rings. The van der Waals surface area contributed by atoms with Crippen LogP contribution in [0.25, 0.3) is 0 Å². The summed E-state index contributed by atoms with van der Waals surface area (Å²) in [5, 5.41) is 17.0. The molecule has 1 heterocycles. The van der Waals surface area contributed by atoms with Crippen LogP contribution in [-0.4, -0.2) is 35.3 Å². The van der Waals surface area contributed by atoms with Crippen molar-refractivity contribution in [3.8, 4) is 0 Å². The van der Waals surface area contributed by atoms with Gasteiger partial charge in [0.1, 0.15) is 0 Å². The van der Waals surface area contributed by atoms with Crippen LogP contribution >= 0.6 is 24.0 Å². The van der Waals surface area contributed by atoms with Gasteiger partial charge in [0, 0.05) is 31.9 Å². The minimum absolute atomic E-state index is 0. The van der Waals surface area contributed by atoms with Crippen LogP contribution in [0.1, 0.15) is 57.8 Å². The third-order valence-corrected chi connectivity index (χ3v) is 4.95. The Hall–Kier alpha value is -1.87. The number of hydrogen-bond donors (Lipinski definition) is 3. The largest absolute Gasteiger partial charge is 0.386 e. The highest BCUT2D eigenvalue weighted by Gasteiger charge is 2.14. The number of halogens is 1. The van der Waals surface area contributed by atoms with E-state index in [1.165, 1.54) is 5.56 Å². The van der Waals surface area contributed by atoms with E-state index >= 15 is 0 Å². The number of guanidine groups is 1. The van der Waals surface area contributed by atoms with E-state index < -0.39 is 6.10 Å². The van der Waals surface area contributed by atoms with E-state index in [-0.39, 0.29) is 35.0 Å². The summed E-state index contributed by atoms with van der Waals surface area (Å²) in [5.41, 5.74) is 2.24. The molecule has 0 radical (unpaired) electrons. The number of aliphatic hydroxyl groups is 1. The topological polar surface area (TPSA) is 78.7 Å². The van der Waals surface area contributed by atoms with Gasteiger partial charge in [-0.1, -0.05) is 51.1 Å². The molecule has 0 spiro atoms. The zero-order chi connectivity index (χ0) is 22.0. The van der Waals surface area contributed by atoms with Gasteiger partial charge >= 0.3 is 0 Å². The molecule has 0 saturated heterocycles. The molecule has 3 N–H and O–H groups in total. The predicted molar refractivity (Wildman–Crippen MR) is 139 cm³/mol. The average Bonchev–Trinajstić information content (AvgIpc) is 2.72. The quantitative estimate of drug-likeness (QED) is 0.196. The molecule has 2 rings (SSSR count). The van der Waals surface area contributed by atoms with Crippen LogP contribution in [0.3, 0.4) is 0 Å². The molecule has 0 fully saturated rings. The predicted octanol–water partition coefficient (Wildman–Crippen LogP) is 3.83. The Bertz CT molecular complexity index is 857. The summed E-state index contributed by atoms with van der Waals surface area (Å²) < 4.78 is 1.72. The van der Waals surface area contributed by atoms with Gasteiger partial charge < -0.3 is 20.3 Å². The minimum Gasteiger partial charge on any atom is -0.386 e. The van der Waals surface area contributed by atoms with Gasteiger partial charge in [0.25, 0.3) is 0 Å². The van der Waals surface area contributed by atoms with E-state index in [0.717, 1.165) is 31.5 Å². The number of aliphatic hydroxyl groups excluding tert-OH is 1. The first-order valence-corrected chi connectivity index (χ1v) is 10.8. The molecule has 0 saturated carbocycles. The van der Waals surface area contributed by atoms with Crippen LogP contribution in [0.2, 0.25) is 0 Å². The third kappa shape index (κ3) is 9.43. The van der Waals surface area contributed by atoms with Gasteiger partial charge in [-0.05, 0) is 42.4 Å². The molecule has 0 aliphatic carbocycles. The fourth-order valence-corrected chi connectivity index (χ4v) is 3.09. The van der Waals surface area contributed by atoms with Gasteiger partial charge in [-0.25, -0.2) is 0 Å². The van der Waals surface area contributed by atoms with Gasteiger partial charge in [-0.15, -0.1) is 24.0 Å². The number of nitrogens with one attached hydrogen (secondary N) is 2. The number of pyridine rings is 1. The van der Waals surface area contributed by atoms with Crippen molar-refractivity contribution < 1.29 is 5.11 Å². The van der Waals surface area contributed by atoms with E-state index in [2.05, 4.69) is 48.5 Å². The fourth-order valence-electron chi connectivity index (χ4n) is 3.09. The van der Waals surface area contributed by atoms with Gasteiger partial charge in [0.2, 0.25) is 5.56 Å². The molecule has 1 aromatic heterocycles. The van der Waals surface area contributed by atoms with Gasteiger partial charge in [-0.2, -0.15) is 0 Å². The van der Waals surface area contributed by atoms with Crippen molar-refractivity contribution in [2.24, 2.45) is 4.99 Å². The summed E-state index contributed by atoms with van der Waals surface area (Å²) in [6, 6.07) is 13.3. The maximum Gasteiger partial charge on any atom is 0.250 e. The summed E-state index contributed by atoms with van der Waals surface area (Å²) in [4.78, 5) is 16.2. The van der Waals surface area contributed by atoms with E-state index in [0.29, 0.717) is 19.0 Å². The molecule has 0 aliphatic heterocycles. The van der Waals surface area contributed by atoms with Crippen LogP contribution in [0.4, 0.5) is 0 Å². The molecular weight excluding hydrogens is 503 g/mol. The second-order valence-electron chi connectivity index (χ2n) is 8.47. The molecule has 0 aliphatic rings. The number of hydrogen-bond acceptors (Lipinski definition) is 3. The molecule has 0 amide bonds. The minimum atomic E-state index is -0.639. The monoisotopic (exact) mass is 540 g/mol. The van der Waals surface area contributed by atoms with Crippen LogP contribution in [-0.2, 0) is 12.0 Å². The van der Waals surface area contributed by atoms with Crippen molar-refractivity contribution in [1.29, 1.82) is 0 Å². The summed E-state index contributed by atoms with van der Waals surface area (Å²) in [5.74, 6) is 0.694. The molecule has 0 bridgehead atoms. The lowest BCUT2D eigenvalue weighted by molar-refractivity contribution is 0.187. The average molecular weight is 540 g/mol. The molecule has 1 unspecified atom stereocenters. The molecule has 1 aromatic carbocycles. The number of aliphatic imine (C=N–C) groups is 1. The van der Waals surface area contributed by atoms with Crippen LogP contribution < -0.4 is 16.2 Å². The van der Waals surface area contributed by atoms with Crippen molar-refractivity contribution in [3.05, 3.63) is 70.1 Å². The second kappa shape index (κ2) is 13.5. The molecule has 1 atom stereocenters. The summed E-state index contributed by atoms with van der Waals surface area (Å²) in [6.45, 7) is 11.0. The number of aromatic nitrogens is 1. The SMILES string of the molecule is CCNC(=NCC(O)c1ccc(C(C)(C)C)cc1)NCCCCn1ccccc1=O.I. The summed E-state index contributed by atoms with van der Waals surface area (Å²) >= 11 is 0. The van der Waals surface area contributed by atoms with E-state index in [9.17, 15) is 9.90 Å². The Morgan fingerprint density at radius 1 is 1.10 bits per heavy atom. The van der Waals surface area contributed by atoms with Crippen LogP contribution in [0.5, 0.6) is 0 Å². The molecule has 6 nitrogen and oxygen atoms in total. The van der Waals surface area contributed by atoms with Crippen LogP contribution in [0.15, 0.2) is 58.4 Å².